The van der Waals surface area contributed by atoms with Crippen molar-refractivity contribution in [2.45, 2.75) is 26.3 Å². The minimum Gasteiger partial charge on any atom is -0.324 e. The predicted octanol–water partition coefficient (Wildman–Crippen LogP) is 2.17. The summed E-state index contributed by atoms with van der Waals surface area (Å²) in [5.41, 5.74) is 1.58. The third-order valence-electron chi connectivity index (χ3n) is 3.44. The Morgan fingerprint density at radius 3 is 2.87 bits per heavy atom. The second-order valence-corrected chi connectivity index (χ2v) is 5.19. The molecule has 0 saturated carbocycles. The highest BCUT2D eigenvalue weighted by Crippen LogP contribution is 2.13. The van der Waals surface area contributed by atoms with Gasteiger partial charge in [-0.25, -0.2) is 9.67 Å². The minimum atomic E-state index is -0.408. The Hall–Kier alpha value is -2.96. The first-order valence-electron chi connectivity index (χ1n) is 7.51. The molecule has 118 valence electrons. The number of aromatic amines is 1. The van der Waals surface area contributed by atoms with Gasteiger partial charge in [-0.05, 0) is 24.6 Å². The number of hydrogen-bond donors (Lipinski definition) is 2. The normalized spacial score (nSPS) is 10.8. The van der Waals surface area contributed by atoms with Crippen LogP contribution in [0, 0.1) is 0 Å². The van der Waals surface area contributed by atoms with Crippen molar-refractivity contribution in [2.24, 2.45) is 0 Å². The highest BCUT2D eigenvalue weighted by molar-refractivity contribution is 6.02. The predicted molar refractivity (Wildman–Crippen MR) is 87.5 cm³/mol. The summed E-state index contributed by atoms with van der Waals surface area (Å²) >= 11 is 0. The molecule has 0 aliphatic heterocycles. The van der Waals surface area contributed by atoms with E-state index in [4.69, 9.17) is 0 Å². The maximum atomic E-state index is 12.3. The molecule has 3 aromatic rings. The summed E-state index contributed by atoms with van der Waals surface area (Å²) in [6, 6.07) is 10.3. The van der Waals surface area contributed by atoms with Crippen LogP contribution in [0.3, 0.4) is 0 Å². The number of H-pyrrole nitrogens is 1. The summed E-state index contributed by atoms with van der Waals surface area (Å²) in [4.78, 5) is 31.3. The van der Waals surface area contributed by atoms with Gasteiger partial charge < -0.3 is 4.98 Å². The van der Waals surface area contributed by atoms with Crippen molar-refractivity contribution < 1.29 is 4.79 Å². The van der Waals surface area contributed by atoms with Gasteiger partial charge in [0, 0.05) is 12.6 Å². The Kier molecular flexibility index (Phi) is 4.18. The van der Waals surface area contributed by atoms with Crippen molar-refractivity contribution in [3.63, 3.8) is 0 Å². The fourth-order valence-electron chi connectivity index (χ4n) is 2.22. The quantitative estimate of drug-likeness (QED) is 0.755. The summed E-state index contributed by atoms with van der Waals surface area (Å²) in [7, 11) is 0. The number of anilines is 1. The van der Waals surface area contributed by atoms with Gasteiger partial charge in [0.25, 0.3) is 11.5 Å². The second-order valence-electron chi connectivity index (χ2n) is 5.19. The van der Waals surface area contributed by atoms with Crippen LogP contribution in [-0.2, 0) is 6.54 Å². The van der Waals surface area contributed by atoms with Gasteiger partial charge in [-0.2, -0.15) is 5.10 Å². The highest BCUT2D eigenvalue weighted by Gasteiger charge is 2.12. The fraction of sp³-hybridized carbons (Fsp3) is 0.250. The molecule has 0 bridgehead atoms. The summed E-state index contributed by atoms with van der Waals surface area (Å²) in [6.07, 6.45) is 1.78. The molecule has 0 aliphatic rings. The van der Waals surface area contributed by atoms with E-state index >= 15 is 0 Å². The third-order valence-corrected chi connectivity index (χ3v) is 3.44. The molecular formula is C16H17N5O2. The van der Waals surface area contributed by atoms with Crippen LogP contribution in [0.15, 0.2) is 41.2 Å². The lowest BCUT2D eigenvalue weighted by Crippen LogP contribution is -2.26. The molecule has 0 unspecified atom stereocenters. The van der Waals surface area contributed by atoms with Crippen LogP contribution < -0.4 is 10.9 Å². The van der Waals surface area contributed by atoms with Gasteiger partial charge >= 0.3 is 0 Å². The number of fused-ring (bicyclic) bond motifs is 1. The van der Waals surface area contributed by atoms with E-state index in [-0.39, 0.29) is 11.3 Å². The monoisotopic (exact) mass is 311 g/mol. The van der Waals surface area contributed by atoms with E-state index in [1.54, 1.807) is 0 Å². The Morgan fingerprint density at radius 1 is 1.26 bits per heavy atom. The number of rotatable bonds is 5. The summed E-state index contributed by atoms with van der Waals surface area (Å²) < 4.78 is 1.32. The number of unbranched alkanes of at least 4 members (excludes halogenated alkanes) is 1. The molecule has 2 N–H and O–H groups in total. The first-order chi connectivity index (χ1) is 11.2. The lowest BCUT2D eigenvalue weighted by atomic mass is 10.3. The van der Waals surface area contributed by atoms with Crippen molar-refractivity contribution in [3.05, 3.63) is 52.4 Å². The molecular weight excluding hydrogens is 294 g/mol. The standard InChI is InChI=1S/C16H17N5O2/c1-2-3-10-21-14(22)9-8-13(20-21)15(23)19-16-17-11-6-4-5-7-12(11)18-16/h4-9H,2-3,10H2,1H3,(H2,17,18,19,23). The van der Waals surface area contributed by atoms with E-state index in [1.165, 1.54) is 16.8 Å². The summed E-state index contributed by atoms with van der Waals surface area (Å²) in [5, 5.41) is 6.78. The first-order valence-corrected chi connectivity index (χ1v) is 7.51. The van der Waals surface area contributed by atoms with E-state index in [1.807, 2.05) is 31.2 Å². The average Bonchev–Trinajstić information content (AvgIpc) is 2.96. The van der Waals surface area contributed by atoms with Gasteiger partial charge in [-0.1, -0.05) is 25.5 Å². The molecule has 2 heterocycles. The maximum absolute atomic E-state index is 12.3. The zero-order valence-electron chi connectivity index (χ0n) is 12.7. The average molecular weight is 311 g/mol. The molecule has 0 spiro atoms. The first kappa shape index (κ1) is 15.0. The molecule has 2 aromatic heterocycles. The molecule has 7 heteroatoms. The zero-order valence-corrected chi connectivity index (χ0v) is 12.7. The lowest BCUT2D eigenvalue weighted by Gasteiger charge is -2.06. The number of amides is 1. The number of hydrogen-bond acceptors (Lipinski definition) is 4. The van der Waals surface area contributed by atoms with Crippen LogP contribution in [0.2, 0.25) is 0 Å². The Morgan fingerprint density at radius 2 is 2.09 bits per heavy atom. The number of carbonyl (C=O) groups excluding carboxylic acids is 1. The number of nitrogens with one attached hydrogen (secondary N) is 2. The van der Waals surface area contributed by atoms with Crippen molar-refractivity contribution in [1.82, 2.24) is 19.7 Å². The van der Waals surface area contributed by atoms with Gasteiger partial charge in [0.15, 0.2) is 0 Å². The van der Waals surface area contributed by atoms with E-state index in [9.17, 15) is 9.59 Å². The summed E-state index contributed by atoms with van der Waals surface area (Å²) in [6.45, 7) is 2.53. The van der Waals surface area contributed by atoms with Crippen LogP contribution in [0.4, 0.5) is 5.95 Å². The van der Waals surface area contributed by atoms with E-state index in [0.717, 1.165) is 23.9 Å². The second kappa shape index (κ2) is 6.43. The summed E-state index contributed by atoms with van der Waals surface area (Å²) in [5.74, 6) is -0.0568. The largest absolute Gasteiger partial charge is 0.324 e. The van der Waals surface area contributed by atoms with Crippen LogP contribution >= 0.6 is 0 Å². The fourth-order valence-corrected chi connectivity index (χ4v) is 2.22. The number of para-hydroxylation sites is 2. The molecule has 0 saturated heterocycles. The van der Waals surface area contributed by atoms with E-state index < -0.39 is 5.91 Å². The number of imidazole rings is 1. The number of nitrogens with zero attached hydrogens (tertiary/aromatic N) is 3. The lowest BCUT2D eigenvalue weighted by molar-refractivity contribution is 0.101. The van der Waals surface area contributed by atoms with Crippen molar-refractivity contribution in [3.8, 4) is 0 Å². The molecule has 0 radical (unpaired) electrons. The van der Waals surface area contributed by atoms with Gasteiger partial charge in [-0.15, -0.1) is 0 Å². The Bertz CT molecular complexity index is 864. The molecule has 3 rings (SSSR count). The van der Waals surface area contributed by atoms with Crippen molar-refractivity contribution >= 4 is 22.9 Å². The van der Waals surface area contributed by atoms with Crippen LogP contribution in [0.25, 0.3) is 11.0 Å². The Labute approximate surface area is 132 Å². The third kappa shape index (κ3) is 3.28. The minimum absolute atomic E-state index is 0.182. The van der Waals surface area contributed by atoms with Crippen molar-refractivity contribution in [1.29, 1.82) is 0 Å². The smallest absolute Gasteiger partial charge is 0.278 e. The number of aromatic nitrogens is 4. The van der Waals surface area contributed by atoms with E-state index in [0.29, 0.717) is 12.5 Å². The molecule has 23 heavy (non-hydrogen) atoms. The van der Waals surface area contributed by atoms with E-state index in [2.05, 4.69) is 20.4 Å². The molecule has 0 fully saturated rings. The topological polar surface area (TPSA) is 92.7 Å². The van der Waals surface area contributed by atoms with Gasteiger partial charge in [-0.3, -0.25) is 14.9 Å². The number of aryl methyl sites for hydroxylation is 1. The molecule has 0 atom stereocenters. The Balaban J connectivity index is 1.81. The number of carbonyl (C=O) groups is 1. The SMILES string of the molecule is CCCCn1nc(C(=O)Nc2nc3ccccc3[nH]2)ccc1=O. The molecule has 1 amide bonds. The highest BCUT2D eigenvalue weighted by atomic mass is 16.2. The number of benzene rings is 1. The van der Waals surface area contributed by atoms with Crippen LogP contribution in [0.1, 0.15) is 30.3 Å². The van der Waals surface area contributed by atoms with Crippen LogP contribution in [-0.4, -0.2) is 25.7 Å². The van der Waals surface area contributed by atoms with Gasteiger partial charge in [0.1, 0.15) is 5.69 Å². The molecule has 1 aromatic carbocycles. The molecule has 7 nitrogen and oxygen atoms in total. The zero-order chi connectivity index (χ0) is 16.2. The molecule has 0 aliphatic carbocycles. The van der Waals surface area contributed by atoms with Gasteiger partial charge in [0.05, 0.1) is 11.0 Å². The van der Waals surface area contributed by atoms with Gasteiger partial charge in [0.2, 0.25) is 5.95 Å². The van der Waals surface area contributed by atoms with Crippen LogP contribution in [0.5, 0.6) is 0 Å². The van der Waals surface area contributed by atoms with Crippen molar-refractivity contribution in [2.75, 3.05) is 5.32 Å². The maximum Gasteiger partial charge on any atom is 0.278 e.